The highest BCUT2D eigenvalue weighted by Crippen LogP contribution is 2.59. The van der Waals surface area contributed by atoms with E-state index in [4.69, 9.17) is 4.74 Å². The van der Waals surface area contributed by atoms with Crippen molar-refractivity contribution in [3.05, 3.63) is 0 Å². The van der Waals surface area contributed by atoms with Crippen molar-refractivity contribution in [1.82, 2.24) is 16.0 Å². The van der Waals surface area contributed by atoms with E-state index in [-0.39, 0.29) is 0 Å². The van der Waals surface area contributed by atoms with Gasteiger partial charge in [-0.2, -0.15) is 0 Å². The molecule has 310 valence electrons. The minimum absolute atomic E-state index is 0.464. The van der Waals surface area contributed by atoms with Crippen LogP contribution < -0.4 is 16.0 Å². The molecule has 0 bridgehead atoms. The highest BCUT2D eigenvalue weighted by Gasteiger charge is 2.59. The first-order chi connectivity index (χ1) is 27.2. The van der Waals surface area contributed by atoms with Gasteiger partial charge in [-0.15, -0.1) is 0 Å². The van der Waals surface area contributed by atoms with Gasteiger partial charge in [0.2, 0.25) is 0 Å². The van der Waals surface area contributed by atoms with Gasteiger partial charge in [-0.25, -0.2) is 0 Å². The summed E-state index contributed by atoms with van der Waals surface area (Å²) in [6.45, 7) is 0. The first-order valence-electron chi connectivity index (χ1n) is 26.2. The van der Waals surface area contributed by atoms with Crippen LogP contribution in [0.3, 0.4) is 0 Å². The lowest BCUT2D eigenvalue weighted by Crippen LogP contribution is -2.74. The van der Waals surface area contributed by atoms with Gasteiger partial charge in [0.25, 0.3) is 0 Å². The van der Waals surface area contributed by atoms with Crippen LogP contribution in [0.25, 0.3) is 0 Å². The van der Waals surface area contributed by atoms with E-state index in [2.05, 4.69) is 16.0 Å². The molecule has 0 aromatic heterocycles. The Balaban J connectivity index is 0.846. The molecular weight excluding hydrogens is 671 g/mol. The quantitative estimate of drug-likeness (QED) is 0.261. The predicted molar refractivity (Wildman–Crippen MR) is 225 cm³/mol. The average molecular weight is 756 g/mol. The number of ether oxygens (including phenoxy) is 1. The summed E-state index contributed by atoms with van der Waals surface area (Å²) in [6.07, 6.45) is 49.1. The van der Waals surface area contributed by atoms with Crippen molar-refractivity contribution in [3.8, 4) is 0 Å². The number of hydrogen-bond donors (Lipinski definition) is 3. The van der Waals surface area contributed by atoms with Crippen LogP contribution in [0.5, 0.6) is 0 Å². The summed E-state index contributed by atoms with van der Waals surface area (Å²) in [6, 6.07) is 0. The van der Waals surface area contributed by atoms with Crippen molar-refractivity contribution in [1.29, 1.82) is 0 Å². The lowest BCUT2D eigenvalue weighted by molar-refractivity contribution is -0.0754. The molecule has 18 atom stereocenters. The maximum atomic E-state index is 7.59. The minimum atomic E-state index is 0.464. The van der Waals surface area contributed by atoms with Crippen LogP contribution >= 0.6 is 0 Å². The molecule has 0 amide bonds. The molecule has 4 heteroatoms. The van der Waals surface area contributed by atoms with Crippen LogP contribution in [0, 0.1) is 88.8 Å². The second kappa shape index (κ2) is 16.7. The Morgan fingerprint density at radius 3 is 1.31 bits per heavy atom. The van der Waals surface area contributed by atoms with Gasteiger partial charge < -0.3 is 4.74 Å². The van der Waals surface area contributed by atoms with Crippen molar-refractivity contribution in [3.63, 3.8) is 0 Å². The Morgan fingerprint density at radius 1 is 0.273 bits per heavy atom. The first-order valence-corrected chi connectivity index (χ1v) is 26.2. The Kier molecular flexibility index (Phi) is 11.5. The van der Waals surface area contributed by atoms with Crippen LogP contribution in [-0.2, 0) is 4.74 Å². The average Bonchev–Trinajstić information content (AvgIpc) is 3.63. The molecular formula is C51H85N3O. The summed E-state index contributed by atoms with van der Waals surface area (Å²) in [4.78, 5) is 0. The van der Waals surface area contributed by atoms with Gasteiger partial charge in [0, 0.05) is 0 Å². The highest BCUT2D eigenvalue weighted by atomic mass is 16.5. The zero-order chi connectivity index (χ0) is 36.3. The van der Waals surface area contributed by atoms with Crippen molar-refractivity contribution < 1.29 is 4.74 Å². The van der Waals surface area contributed by atoms with E-state index in [1.807, 2.05) is 0 Å². The third-order valence-electron chi connectivity index (χ3n) is 20.9. The van der Waals surface area contributed by atoms with E-state index in [0.29, 0.717) is 30.7 Å². The van der Waals surface area contributed by atoms with Gasteiger partial charge in [-0.1, -0.05) is 116 Å². The standard InChI is InChI=1S/C51H85N3O/c1-3-11-32(12-4-1)38-20-21-40-29-42(24-22-39(40)27-38)50-52-49(41-23-19-33-13-7-8-16-35(33)28-41)53-51(54-50)44-26-25-43(34-14-5-2-6-15-34)48-47(44)45-30-36-17-9-10-18-37(36)31-46(45)55-48/h32-54H,1-31H2. The molecule has 11 aliphatic rings. The molecule has 0 spiro atoms. The van der Waals surface area contributed by atoms with Crippen LogP contribution in [0.15, 0.2) is 0 Å². The van der Waals surface area contributed by atoms with Gasteiger partial charge in [0.05, 0.1) is 30.7 Å². The third kappa shape index (κ3) is 7.62. The van der Waals surface area contributed by atoms with E-state index in [9.17, 15) is 0 Å². The lowest BCUT2D eigenvalue weighted by atomic mass is 9.57. The summed E-state index contributed by atoms with van der Waals surface area (Å²) >= 11 is 0. The van der Waals surface area contributed by atoms with Crippen molar-refractivity contribution >= 4 is 0 Å². The maximum absolute atomic E-state index is 7.59. The predicted octanol–water partition coefficient (Wildman–Crippen LogP) is 12.0. The Bertz CT molecular complexity index is 1260. The maximum Gasteiger partial charge on any atom is 0.0645 e. The summed E-state index contributed by atoms with van der Waals surface area (Å²) in [5, 5.41) is 13.6. The van der Waals surface area contributed by atoms with Gasteiger partial charge in [0.1, 0.15) is 0 Å². The molecule has 2 saturated heterocycles. The summed E-state index contributed by atoms with van der Waals surface area (Å²) < 4.78 is 7.59. The van der Waals surface area contributed by atoms with Crippen LogP contribution in [0.2, 0.25) is 0 Å². The highest BCUT2D eigenvalue weighted by molar-refractivity contribution is 5.08. The molecule has 18 unspecified atom stereocenters. The van der Waals surface area contributed by atoms with Gasteiger partial charge in [-0.3, -0.25) is 16.0 Å². The molecule has 9 saturated carbocycles. The third-order valence-corrected chi connectivity index (χ3v) is 20.9. The fourth-order valence-corrected chi connectivity index (χ4v) is 18.1. The summed E-state index contributed by atoms with van der Waals surface area (Å²) in [7, 11) is 0. The van der Waals surface area contributed by atoms with Crippen molar-refractivity contribution in [2.24, 2.45) is 88.8 Å². The van der Waals surface area contributed by atoms with Crippen molar-refractivity contribution in [2.45, 2.75) is 230 Å². The van der Waals surface area contributed by atoms with Crippen LogP contribution in [0.1, 0.15) is 199 Å². The lowest BCUT2D eigenvalue weighted by Gasteiger charge is -2.54. The smallest absolute Gasteiger partial charge is 0.0645 e. The molecule has 9 aliphatic carbocycles. The molecule has 4 nitrogen and oxygen atoms in total. The summed E-state index contributed by atoms with van der Waals surface area (Å²) in [5.41, 5.74) is 0. The zero-order valence-electron chi connectivity index (χ0n) is 35.4. The first kappa shape index (κ1) is 37.8. The van der Waals surface area contributed by atoms with Crippen LogP contribution in [-0.4, -0.2) is 30.7 Å². The Hall–Kier alpha value is -0.160. The monoisotopic (exact) mass is 756 g/mol. The van der Waals surface area contributed by atoms with E-state index in [1.54, 1.807) is 32.1 Å². The Morgan fingerprint density at radius 2 is 0.673 bits per heavy atom. The number of nitrogens with one attached hydrogen (secondary N) is 3. The van der Waals surface area contributed by atoms with Gasteiger partial charge in [-0.05, 0) is 172 Å². The molecule has 11 fully saturated rings. The molecule has 2 aliphatic heterocycles. The van der Waals surface area contributed by atoms with E-state index in [0.717, 1.165) is 88.8 Å². The van der Waals surface area contributed by atoms with E-state index >= 15 is 0 Å². The Labute approximate surface area is 338 Å². The molecule has 55 heavy (non-hydrogen) atoms. The normalized spacial score (nSPS) is 52.6. The van der Waals surface area contributed by atoms with Crippen molar-refractivity contribution in [2.75, 3.05) is 0 Å². The van der Waals surface area contributed by atoms with E-state index in [1.165, 1.54) is 167 Å². The molecule has 11 rings (SSSR count). The number of hydrogen-bond acceptors (Lipinski definition) is 4. The summed E-state index contributed by atoms with van der Waals surface area (Å²) in [5.74, 6) is 13.9. The molecule has 2 heterocycles. The fourth-order valence-electron chi connectivity index (χ4n) is 18.1. The molecule has 0 radical (unpaired) electrons. The van der Waals surface area contributed by atoms with Gasteiger partial charge in [0.15, 0.2) is 0 Å². The van der Waals surface area contributed by atoms with Crippen LogP contribution in [0.4, 0.5) is 0 Å². The van der Waals surface area contributed by atoms with E-state index < -0.39 is 0 Å². The SMILES string of the molecule is C1CCC(C2CCC3CC(C4NC(C5CCC6CCCCC6C5)NC(C5CCC(C6CCCCC6)C6OC7CC8CCCCC8CC7C56)N4)CCC3C2)CC1. The fraction of sp³-hybridized carbons (Fsp3) is 1.00. The zero-order valence-corrected chi connectivity index (χ0v) is 35.4. The minimum Gasteiger partial charge on any atom is -0.374 e. The topological polar surface area (TPSA) is 45.3 Å². The molecule has 0 aromatic rings. The second-order valence-corrected chi connectivity index (χ2v) is 23.3. The number of rotatable bonds is 5. The molecule has 3 N–H and O–H groups in total. The largest absolute Gasteiger partial charge is 0.374 e. The van der Waals surface area contributed by atoms with Gasteiger partial charge >= 0.3 is 0 Å². The number of fused-ring (bicyclic) bond motifs is 6. The second-order valence-electron chi connectivity index (χ2n) is 23.3. The molecule has 0 aromatic carbocycles.